The first-order valence-corrected chi connectivity index (χ1v) is 5.16. The van der Waals surface area contributed by atoms with E-state index < -0.39 is 0 Å². The van der Waals surface area contributed by atoms with Gasteiger partial charge in [-0.1, -0.05) is 23.8 Å². The quantitative estimate of drug-likeness (QED) is 0.736. The van der Waals surface area contributed by atoms with E-state index in [1.807, 2.05) is 11.9 Å². The summed E-state index contributed by atoms with van der Waals surface area (Å²) in [5.41, 5.74) is 9.18. The van der Waals surface area contributed by atoms with Crippen molar-refractivity contribution in [3.05, 3.63) is 34.9 Å². The molecule has 0 saturated heterocycles. The van der Waals surface area contributed by atoms with Crippen LogP contribution in [-0.4, -0.2) is 23.9 Å². The fraction of sp³-hybridized carbons (Fsp3) is 0.417. The molecule has 0 radical (unpaired) electrons. The van der Waals surface area contributed by atoms with Crippen LogP contribution in [0.25, 0.3) is 0 Å². The van der Waals surface area contributed by atoms with Crippen LogP contribution in [0.15, 0.2) is 18.2 Å². The second-order valence-corrected chi connectivity index (χ2v) is 4.31. The summed E-state index contributed by atoms with van der Waals surface area (Å²) in [4.78, 5) is 13.3. The molecule has 2 rings (SSSR count). The van der Waals surface area contributed by atoms with E-state index in [1.165, 1.54) is 16.7 Å². The lowest BCUT2D eigenvalue weighted by Crippen LogP contribution is -2.46. The maximum Gasteiger partial charge on any atom is 0.235 e. The Labute approximate surface area is 89.9 Å². The summed E-state index contributed by atoms with van der Waals surface area (Å²) < 4.78 is 0. The Morgan fingerprint density at radius 2 is 2.20 bits per heavy atom. The summed E-state index contributed by atoms with van der Waals surface area (Å²) in [6.45, 7) is 2.88. The summed E-state index contributed by atoms with van der Waals surface area (Å²) >= 11 is 0. The van der Waals surface area contributed by atoms with Crippen LogP contribution in [-0.2, 0) is 17.8 Å². The van der Waals surface area contributed by atoms with Gasteiger partial charge in [-0.25, -0.2) is 0 Å². The number of carbonyl (C=O) groups is 1. The molecule has 1 aromatic carbocycles. The van der Waals surface area contributed by atoms with Crippen LogP contribution >= 0.6 is 0 Å². The van der Waals surface area contributed by atoms with Crippen molar-refractivity contribution < 1.29 is 4.79 Å². The third-order valence-electron chi connectivity index (χ3n) is 3.06. The van der Waals surface area contributed by atoms with Gasteiger partial charge in [-0.3, -0.25) is 9.69 Å². The molecule has 2 N–H and O–H groups in total. The molecular formula is C12H16N2O. The van der Waals surface area contributed by atoms with E-state index in [-0.39, 0.29) is 11.9 Å². The number of primary amides is 1. The summed E-state index contributed by atoms with van der Waals surface area (Å²) in [6.07, 6.45) is 0.739. The van der Waals surface area contributed by atoms with Crippen LogP contribution in [0.3, 0.4) is 0 Å². The molecule has 0 aliphatic carbocycles. The lowest BCUT2D eigenvalue weighted by Gasteiger charge is -2.32. The molecule has 1 aromatic rings. The first-order chi connectivity index (χ1) is 7.08. The van der Waals surface area contributed by atoms with E-state index in [2.05, 4.69) is 25.1 Å². The summed E-state index contributed by atoms with van der Waals surface area (Å²) in [5.74, 6) is -0.232. The first-order valence-electron chi connectivity index (χ1n) is 5.16. The lowest BCUT2D eigenvalue weighted by molar-refractivity contribution is -0.123. The van der Waals surface area contributed by atoms with E-state index >= 15 is 0 Å². The van der Waals surface area contributed by atoms with Gasteiger partial charge in [0, 0.05) is 6.54 Å². The number of fused-ring (bicyclic) bond motifs is 1. The zero-order valence-electron chi connectivity index (χ0n) is 9.16. The largest absolute Gasteiger partial charge is 0.368 e. The third-order valence-corrected chi connectivity index (χ3v) is 3.06. The van der Waals surface area contributed by atoms with Gasteiger partial charge in [0.15, 0.2) is 0 Å². The van der Waals surface area contributed by atoms with Crippen LogP contribution < -0.4 is 5.73 Å². The monoisotopic (exact) mass is 204 g/mol. The lowest BCUT2D eigenvalue weighted by atomic mass is 9.93. The normalized spacial score (nSPS) is 21.1. The van der Waals surface area contributed by atoms with Crippen LogP contribution in [0.2, 0.25) is 0 Å². The topological polar surface area (TPSA) is 46.3 Å². The number of nitrogens with two attached hydrogens (primary N) is 1. The van der Waals surface area contributed by atoms with Crippen molar-refractivity contribution >= 4 is 5.91 Å². The van der Waals surface area contributed by atoms with E-state index in [0.717, 1.165) is 13.0 Å². The van der Waals surface area contributed by atoms with Crippen molar-refractivity contribution in [3.8, 4) is 0 Å². The smallest absolute Gasteiger partial charge is 0.235 e. The average Bonchev–Trinajstić information content (AvgIpc) is 2.17. The van der Waals surface area contributed by atoms with Crippen molar-refractivity contribution in [2.45, 2.75) is 25.9 Å². The second kappa shape index (κ2) is 3.66. The fourth-order valence-corrected chi connectivity index (χ4v) is 2.16. The fourth-order valence-electron chi connectivity index (χ4n) is 2.16. The van der Waals surface area contributed by atoms with Gasteiger partial charge in [-0.15, -0.1) is 0 Å². The van der Waals surface area contributed by atoms with Crippen molar-refractivity contribution in [3.63, 3.8) is 0 Å². The third kappa shape index (κ3) is 1.88. The zero-order valence-corrected chi connectivity index (χ0v) is 9.16. The predicted octanol–water partition coefficient (Wildman–Crippen LogP) is 0.837. The number of carbonyl (C=O) groups excluding carboxylic acids is 1. The Kier molecular flexibility index (Phi) is 2.49. The van der Waals surface area contributed by atoms with Crippen molar-refractivity contribution in [2.75, 3.05) is 7.05 Å². The molecule has 0 saturated carbocycles. The number of hydrogen-bond donors (Lipinski definition) is 1. The van der Waals surface area contributed by atoms with Gasteiger partial charge >= 0.3 is 0 Å². The Hall–Kier alpha value is -1.35. The van der Waals surface area contributed by atoms with Gasteiger partial charge in [0.05, 0.1) is 6.04 Å². The van der Waals surface area contributed by atoms with Gasteiger partial charge < -0.3 is 5.73 Å². The van der Waals surface area contributed by atoms with E-state index in [9.17, 15) is 4.79 Å². The molecule has 1 aliphatic heterocycles. The molecule has 15 heavy (non-hydrogen) atoms. The van der Waals surface area contributed by atoms with Crippen LogP contribution in [0.4, 0.5) is 0 Å². The average molecular weight is 204 g/mol. The summed E-state index contributed by atoms with van der Waals surface area (Å²) in [7, 11) is 1.94. The molecule has 1 amide bonds. The molecule has 0 fully saturated rings. The molecule has 1 atom stereocenters. The predicted molar refractivity (Wildman–Crippen MR) is 59.3 cm³/mol. The number of nitrogens with zero attached hydrogens (tertiary/aromatic N) is 1. The molecule has 0 bridgehead atoms. The second-order valence-electron chi connectivity index (χ2n) is 4.31. The molecule has 3 heteroatoms. The minimum atomic E-state index is -0.232. The molecule has 1 heterocycles. The highest BCUT2D eigenvalue weighted by Gasteiger charge is 2.27. The van der Waals surface area contributed by atoms with Crippen molar-refractivity contribution in [1.29, 1.82) is 0 Å². The molecule has 1 aliphatic rings. The maximum absolute atomic E-state index is 11.2. The highest BCUT2D eigenvalue weighted by Crippen LogP contribution is 2.22. The maximum atomic E-state index is 11.2. The van der Waals surface area contributed by atoms with Gasteiger partial charge in [0.2, 0.25) is 5.91 Å². The van der Waals surface area contributed by atoms with Gasteiger partial charge in [-0.2, -0.15) is 0 Å². The highest BCUT2D eigenvalue weighted by atomic mass is 16.1. The number of likely N-dealkylation sites (N-methyl/N-ethyl adjacent to an activating group) is 1. The Morgan fingerprint density at radius 3 is 2.87 bits per heavy atom. The van der Waals surface area contributed by atoms with Crippen LogP contribution in [0, 0.1) is 6.92 Å². The Bertz CT molecular complexity index is 401. The van der Waals surface area contributed by atoms with E-state index in [4.69, 9.17) is 5.73 Å². The van der Waals surface area contributed by atoms with Crippen molar-refractivity contribution in [2.24, 2.45) is 5.73 Å². The summed E-state index contributed by atoms with van der Waals surface area (Å²) in [5, 5.41) is 0. The molecular weight excluding hydrogens is 188 g/mol. The van der Waals surface area contributed by atoms with Gasteiger partial charge in [-0.05, 0) is 31.5 Å². The van der Waals surface area contributed by atoms with E-state index in [1.54, 1.807) is 0 Å². The molecule has 1 unspecified atom stereocenters. The Balaban J connectivity index is 2.34. The number of rotatable bonds is 1. The van der Waals surface area contributed by atoms with Crippen molar-refractivity contribution in [1.82, 2.24) is 4.90 Å². The van der Waals surface area contributed by atoms with E-state index in [0.29, 0.717) is 0 Å². The standard InChI is InChI=1S/C12H16N2O/c1-8-3-4-9-7-14(2)11(12(13)15)6-10(9)5-8/h3-5,11H,6-7H2,1-2H3,(H2,13,15). The van der Waals surface area contributed by atoms with Gasteiger partial charge in [0.1, 0.15) is 0 Å². The summed E-state index contributed by atoms with van der Waals surface area (Å²) in [6, 6.07) is 6.24. The van der Waals surface area contributed by atoms with Crippen LogP contribution in [0.1, 0.15) is 16.7 Å². The SMILES string of the molecule is Cc1ccc2c(c1)CC(C(N)=O)N(C)C2. The highest BCUT2D eigenvalue weighted by molar-refractivity contribution is 5.80. The minimum Gasteiger partial charge on any atom is -0.368 e. The van der Waals surface area contributed by atoms with Gasteiger partial charge in [0.25, 0.3) is 0 Å². The number of benzene rings is 1. The molecule has 3 nitrogen and oxygen atoms in total. The molecule has 0 aromatic heterocycles. The number of aryl methyl sites for hydroxylation is 1. The zero-order chi connectivity index (χ0) is 11.0. The number of hydrogen-bond acceptors (Lipinski definition) is 2. The Morgan fingerprint density at radius 1 is 1.47 bits per heavy atom. The minimum absolute atomic E-state index is 0.153. The molecule has 0 spiro atoms. The molecule has 80 valence electrons. The van der Waals surface area contributed by atoms with Crippen LogP contribution in [0.5, 0.6) is 0 Å². The first kappa shape index (κ1) is 10.2. The number of amides is 1.